The number of nitrogens with zero attached hydrogens (tertiary/aromatic N) is 1. The number of carbonyl (C=O) groups excluding carboxylic acids is 2. The summed E-state index contributed by atoms with van der Waals surface area (Å²) in [6.07, 6.45) is 1.72. The van der Waals surface area contributed by atoms with Gasteiger partial charge in [-0.25, -0.2) is 0 Å². The molecule has 0 aliphatic carbocycles. The molecule has 6 nitrogen and oxygen atoms in total. The quantitative estimate of drug-likeness (QED) is 0.621. The molecule has 0 spiro atoms. The highest BCUT2D eigenvalue weighted by Gasteiger charge is 2.33. The number of phenols is 1. The number of benzene rings is 2. The fraction of sp³-hybridized carbons (Fsp3) is 0.0556. The van der Waals surface area contributed by atoms with Crippen LogP contribution in [-0.2, 0) is 4.79 Å². The Kier molecular flexibility index (Phi) is 5.24. The van der Waals surface area contributed by atoms with Gasteiger partial charge in [0, 0.05) is 5.56 Å². The van der Waals surface area contributed by atoms with E-state index in [4.69, 9.17) is 17.0 Å². The minimum Gasteiger partial charge on any atom is -0.504 e. The van der Waals surface area contributed by atoms with Gasteiger partial charge in [-0.15, -0.1) is 0 Å². The third-order valence-electron chi connectivity index (χ3n) is 3.55. The molecule has 2 aromatic rings. The topological polar surface area (TPSA) is 78.9 Å². The zero-order valence-corrected chi connectivity index (χ0v) is 15.3. The average Bonchev–Trinajstić information content (AvgIpc) is 2.90. The molecule has 1 aliphatic heterocycles. The largest absolute Gasteiger partial charge is 0.504 e. The number of hydrogen-bond acceptors (Lipinski definition) is 6. The molecule has 26 heavy (non-hydrogen) atoms. The van der Waals surface area contributed by atoms with E-state index >= 15 is 0 Å². The van der Waals surface area contributed by atoms with Gasteiger partial charge in [-0.1, -0.05) is 42.1 Å². The van der Waals surface area contributed by atoms with Crippen molar-refractivity contribution in [2.45, 2.75) is 0 Å². The number of hydrazine groups is 1. The van der Waals surface area contributed by atoms with E-state index in [9.17, 15) is 14.7 Å². The molecule has 1 fully saturated rings. The molecule has 0 unspecified atom stereocenters. The molecule has 0 saturated carbocycles. The first kappa shape index (κ1) is 18.0. The van der Waals surface area contributed by atoms with Gasteiger partial charge in [0.15, 0.2) is 15.8 Å². The molecule has 1 heterocycles. The molecule has 0 atom stereocenters. The number of phenolic OH excluding ortho intramolecular Hbond substituents is 1. The maximum absolute atomic E-state index is 12.5. The number of aromatic hydroxyl groups is 1. The molecule has 1 saturated heterocycles. The van der Waals surface area contributed by atoms with E-state index in [0.717, 1.165) is 22.3 Å². The van der Waals surface area contributed by atoms with Crippen LogP contribution >= 0.6 is 24.0 Å². The van der Waals surface area contributed by atoms with Crippen molar-refractivity contribution < 1.29 is 19.4 Å². The van der Waals surface area contributed by atoms with Crippen molar-refractivity contribution >= 4 is 46.2 Å². The smallest absolute Gasteiger partial charge is 0.285 e. The van der Waals surface area contributed by atoms with E-state index in [1.54, 1.807) is 6.08 Å². The Hall–Kier alpha value is -2.84. The van der Waals surface area contributed by atoms with Crippen LogP contribution in [0.4, 0.5) is 0 Å². The van der Waals surface area contributed by atoms with Crippen molar-refractivity contribution in [3.63, 3.8) is 0 Å². The van der Waals surface area contributed by atoms with Crippen LogP contribution in [0.1, 0.15) is 15.9 Å². The average molecular weight is 386 g/mol. The van der Waals surface area contributed by atoms with Crippen LogP contribution in [0.3, 0.4) is 0 Å². The molecule has 0 aromatic heterocycles. The number of amides is 2. The maximum atomic E-state index is 12.5. The second-order valence-electron chi connectivity index (χ2n) is 5.26. The van der Waals surface area contributed by atoms with Crippen LogP contribution in [-0.4, -0.2) is 33.4 Å². The van der Waals surface area contributed by atoms with Crippen LogP contribution in [0.5, 0.6) is 11.5 Å². The van der Waals surface area contributed by atoms with E-state index < -0.39 is 11.8 Å². The van der Waals surface area contributed by atoms with E-state index in [0.29, 0.717) is 4.91 Å². The van der Waals surface area contributed by atoms with Gasteiger partial charge in [0.05, 0.1) is 12.0 Å². The highest BCUT2D eigenvalue weighted by molar-refractivity contribution is 8.26. The van der Waals surface area contributed by atoms with E-state index in [1.165, 1.54) is 25.3 Å². The predicted molar refractivity (Wildman–Crippen MR) is 104 cm³/mol. The van der Waals surface area contributed by atoms with Crippen molar-refractivity contribution in [1.82, 2.24) is 10.4 Å². The summed E-state index contributed by atoms with van der Waals surface area (Å²) in [5.41, 5.74) is 3.57. The number of thiocarbonyl (C=S) groups is 1. The summed E-state index contributed by atoms with van der Waals surface area (Å²) >= 11 is 6.31. The summed E-state index contributed by atoms with van der Waals surface area (Å²) in [7, 11) is 1.38. The molecule has 2 aromatic carbocycles. The molecular formula is C18H14N2O4S2. The number of methoxy groups -OCH3 is 1. The highest BCUT2D eigenvalue weighted by Crippen LogP contribution is 2.32. The molecule has 8 heteroatoms. The minimum absolute atomic E-state index is 0.0829. The number of carbonyl (C=O) groups is 2. The Morgan fingerprint density at radius 2 is 2.00 bits per heavy atom. The summed E-state index contributed by atoms with van der Waals surface area (Å²) in [5.74, 6) is -0.865. The van der Waals surface area contributed by atoms with Gasteiger partial charge >= 0.3 is 0 Å². The summed E-state index contributed by atoms with van der Waals surface area (Å²) in [6.45, 7) is 0. The Labute approximate surface area is 159 Å². The summed E-state index contributed by atoms with van der Waals surface area (Å²) < 4.78 is 5.21. The lowest BCUT2D eigenvalue weighted by molar-refractivity contribution is -0.123. The highest BCUT2D eigenvalue weighted by atomic mass is 32.2. The van der Waals surface area contributed by atoms with Crippen LogP contribution < -0.4 is 10.2 Å². The maximum Gasteiger partial charge on any atom is 0.285 e. The number of thioether (sulfide) groups is 1. The first-order valence-corrected chi connectivity index (χ1v) is 8.73. The van der Waals surface area contributed by atoms with Crippen molar-refractivity contribution in [3.8, 4) is 11.5 Å². The van der Waals surface area contributed by atoms with Crippen molar-refractivity contribution in [2.75, 3.05) is 7.11 Å². The zero-order chi connectivity index (χ0) is 18.7. The monoisotopic (exact) mass is 386 g/mol. The number of rotatable bonds is 4. The lowest BCUT2D eigenvalue weighted by Gasteiger charge is -2.16. The van der Waals surface area contributed by atoms with Crippen molar-refractivity contribution in [3.05, 3.63) is 64.6 Å². The molecule has 2 N–H and O–H groups in total. The molecule has 0 bridgehead atoms. The Morgan fingerprint density at radius 1 is 1.27 bits per heavy atom. The Bertz CT molecular complexity index is 913. The third-order valence-corrected chi connectivity index (χ3v) is 4.85. The number of hydrogen-bond donors (Lipinski definition) is 2. The Morgan fingerprint density at radius 3 is 2.69 bits per heavy atom. The molecule has 132 valence electrons. The van der Waals surface area contributed by atoms with Crippen LogP contribution in [0.2, 0.25) is 0 Å². The van der Waals surface area contributed by atoms with Gasteiger partial charge in [-0.2, -0.15) is 5.01 Å². The minimum atomic E-state index is -0.541. The summed E-state index contributed by atoms with van der Waals surface area (Å²) in [6, 6.07) is 13.5. The normalized spacial score (nSPS) is 15.4. The van der Waals surface area contributed by atoms with E-state index in [1.807, 2.05) is 30.3 Å². The summed E-state index contributed by atoms with van der Waals surface area (Å²) in [5, 5.41) is 10.6. The lowest BCUT2D eigenvalue weighted by Crippen LogP contribution is -2.44. The fourth-order valence-electron chi connectivity index (χ4n) is 2.25. The zero-order valence-electron chi connectivity index (χ0n) is 13.6. The van der Waals surface area contributed by atoms with Crippen LogP contribution in [0.25, 0.3) is 6.08 Å². The predicted octanol–water partition coefficient (Wildman–Crippen LogP) is 2.95. The first-order valence-electron chi connectivity index (χ1n) is 7.50. The standard InChI is InChI=1S/C18H14N2O4S2/c1-24-14-10-12(7-8-13(14)21)16(22)19-20-17(23)15(26-18(20)25)9-11-5-3-2-4-6-11/h2-10,21H,1H3,(H,19,22). The fourth-order valence-corrected chi connectivity index (χ4v) is 3.43. The van der Waals surface area contributed by atoms with Gasteiger partial charge in [0.25, 0.3) is 11.8 Å². The second-order valence-corrected chi connectivity index (χ2v) is 6.93. The number of nitrogens with one attached hydrogen (secondary N) is 1. The van der Waals surface area contributed by atoms with E-state index in [-0.39, 0.29) is 21.4 Å². The molecule has 0 radical (unpaired) electrons. The van der Waals surface area contributed by atoms with Crippen molar-refractivity contribution in [2.24, 2.45) is 0 Å². The van der Waals surface area contributed by atoms with Gasteiger partial charge in [-0.3, -0.25) is 15.0 Å². The van der Waals surface area contributed by atoms with E-state index in [2.05, 4.69) is 5.43 Å². The van der Waals surface area contributed by atoms with Crippen molar-refractivity contribution in [1.29, 1.82) is 0 Å². The van der Waals surface area contributed by atoms with Gasteiger partial charge < -0.3 is 9.84 Å². The van der Waals surface area contributed by atoms with Crippen LogP contribution in [0, 0.1) is 0 Å². The van der Waals surface area contributed by atoms with Crippen LogP contribution in [0.15, 0.2) is 53.4 Å². The summed E-state index contributed by atoms with van der Waals surface area (Å²) in [4.78, 5) is 25.4. The molecule has 1 aliphatic rings. The van der Waals surface area contributed by atoms with Gasteiger partial charge in [0.1, 0.15) is 0 Å². The molecule has 2 amide bonds. The molecular weight excluding hydrogens is 372 g/mol. The lowest BCUT2D eigenvalue weighted by atomic mass is 10.2. The van der Waals surface area contributed by atoms with Gasteiger partial charge in [-0.05, 0) is 42.1 Å². The third kappa shape index (κ3) is 3.71. The molecule has 3 rings (SSSR count). The number of ether oxygens (including phenoxy) is 1. The second kappa shape index (κ2) is 7.59. The first-order chi connectivity index (χ1) is 12.5. The van der Waals surface area contributed by atoms with Gasteiger partial charge in [0.2, 0.25) is 0 Å². The SMILES string of the molecule is COc1cc(C(=O)NN2C(=O)C(=Cc3ccccc3)SC2=S)ccc1O. The Balaban J connectivity index is 1.78.